The van der Waals surface area contributed by atoms with E-state index in [9.17, 15) is 4.79 Å². The van der Waals surface area contributed by atoms with Crippen molar-refractivity contribution in [1.29, 1.82) is 0 Å². The molecule has 1 amide bonds. The Bertz CT molecular complexity index is 1270. The van der Waals surface area contributed by atoms with Crippen LogP contribution in [0.2, 0.25) is 0 Å². The second kappa shape index (κ2) is 13.3. The molecule has 0 unspecified atom stereocenters. The highest BCUT2D eigenvalue weighted by atomic mass is 16.6. The first-order chi connectivity index (χ1) is 19.5. The summed E-state index contributed by atoms with van der Waals surface area (Å²) in [7, 11) is 1.54. The van der Waals surface area contributed by atoms with Gasteiger partial charge in [0, 0.05) is 48.0 Å². The van der Waals surface area contributed by atoms with Crippen LogP contribution in [0.1, 0.15) is 75.2 Å². The van der Waals surface area contributed by atoms with E-state index in [-0.39, 0.29) is 6.61 Å². The zero-order chi connectivity index (χ0) is 27.9. The fourth-order valence-electron chi connectivity index (χ4n) is 6.61. The van der Waals surface area contributed by atoms with Crippen LogP contribution in [-0.4, -0.2) is 53.0 Å². The molecule has 1 N–H and O–H groups in total. The number of alkyl carbamates (subject to hydrolysis) is 1. The van der Waals surface area contributed by atoms with Gasteiger partial charge in [-0.15, -0.1) is 0 Å². The quantitative estimate of drug-likeness (QED) is 0.252. The summed E-state index contributed by atoms with van der Waals surface area (Å²) in [6, 6.07) is 14.7. The summed E-state index contributed by atoms with van der Waals surface area (Å²) in [4.78, 5) is 25.2. The Kier molecular flexibility index (Phi) is 9.37. The third kappa shape index (κ3) is 6.49. The van der Waals surface area contributed by atoms with E-state index >= 15 is 0 Å². The first-order valence-electron chi connectivity index (χ1n) is 14.8. The van der Waals surface area contributed by atoms with Crippen LogP contribution in [0.4, 0.5) is 4.79 Å². The van der Waals surface area contributed by atoms with Gasteiger partial charge in [-0.3, -0.25) is 0 Å². The molecule has 0 radical (unpaired) electrons. The van der Waals surface area contributed by atoms with Crippen molar-refractivity contribution in [1.82, 2.24) is 19.8 Å². The minimum atomic E-state index is -0.449. The number of benzene rings is 1. The first-order valence-corrected chi connectivity index (χ1v) is 14.8. The molecule has 3 aromatic rings. The fourth-order valence-corrected chi connectivity index (χ4v) is 6.61. The van der Waals surface area contributed by atoms with Crippen LogP contribution in [0, 0.1) is 11.8 Å². The van der Waals surface area contributed by atoms with Crippen molar-refractivity contribution < 1.29 is 14.4 Å². The molecule has 214 valence electrons. The smallest absolute Gasteiger partial charge is 0.407 e. The third-order valence-corrected chi connectivity index (χ3v) is 8.87. The summed E-state index contributed by atoms with van der Waals surface area (Å²) in [5.74, 6) is 1.67. The van der Waals surface area contributed by atoms with Gasteiger partial charge in [-0.2, -0.15) is 0 Å². The lowest BCUT2D eigenvalue weighted by Crippen LogP contribution is -2.44. The van der Waals surface area contributed by atoms with Crippen LogP contribution in [0.25, 0.3) is 11.0 Å². The average Bonchev–Trinajstić information content (AvgIpc) is 3.31. The van der Waals surface area contributed by atoms with Crippen molar-refractivity contribution >= 4 is 23.3 Å². The van der Waals surface area contributed by atoms with Gasteiger partial charge < -0.3 is 24.4 Å². The zero-order valence-electron chi connectivity index (χ0n) is 24.1. The molecular weight excluding hydrogens is 502 g/mol. The monoisotopic (exact) mass is 545 g/mol. The van der Waals surface area contributed by atoms with E-state index in [0.29, 0.717) is 18.6 Å². The number of oxime groups is 1. The van der Waals surface area contributed by atoms with Gasteiger partial charge in [0.1, 0.15) is 19.4 Å². The number of likely N-dealkylation sites (tertiary alicyclic amines) is 1. The molecule has 0 spiro atoms. The van der Waals surface area contributed by atoms with E-state index in [1.165, 1.54) is 32.8 Å². The fraction of sp³-hybridized carbons (Fsp3) is 0.531. The summed E-state index contributed by atoms with van der Waals surface area (Å²) in [6.45, 7) is 7.45. The molecule has 1 aliphatic heterocycles. The maximum Gasteiger partial charge on any atom is 0.407 e. The lowest BCUT2D eigenvalue weighted by Gasteiger charge is -2.42. The molecule has 0 bridgehead atoms. The van der Waals surface area contributed by atoms with Crippen LogP contribution in [0.5, 0.6) is 0 Å². The molecule has 1 saturated carbocycles. The van der Waals surface area contributed by atoms with E-state index in [4.69, 9.17) is 14.6 Å². The number of ether oxygens (including phenoxy) is 1. The van der Waals surface area contributed by atoms with E-state index in [1.54, 1.807) is 6.21 Å². The first kappa shape index (κ1) is 28.1. The van der Waals surface area contributed by atoms with E-state index in [1.807, 2.05) is 42.6 Å². The number of carbonyl (C=O) groups is 1. The minimum Gasteiger partial charge on any atom is -0.445 e. The number of hydrogen-bond donors (Lipinski definition) is 1. The number of nitrogens with one attached hydrogen (secondary N) is 1. The molecule has 2 aromatic heterocycles. The van der Waals surface area contributed by atoms with Gasteiger partial charge in [0.2, 0.25) is 0 Å². The van der Waals surface area contributed by atoms with Crippen molar-refractivity contribution in [2.45, 2.75) is 77.6 Å². The molecule has 2 aliphatic rings. The van der Waals surface area contributed by atoms with Crippen molar-refractivity contribution in [3.63, 3.8) is 0 Å². The van der Waals surface area contributed by atoms with Gasteiger partial charge in [-0.05, 0) is 68.1 Å². The molecular formula is C32H43N5O3. The maximum absolute atomic E-state index is 12.7. The Labute approximate surface area is 237 Å². The number of piperidine rings is 1. The van der Waals surface area contributed by atoms with Gasteiger partial charge in [-0.1, -0.05) is 49.3 Å². The predicted octanol–water partition coefficient (Wildman–Crippen LogP) is 6.29. The van der Waals surface area contributed by atoms with Crippen LogP contribution >= 0.6 is 0 Å². The number of hydrogen-bond acceptors (Lipinski definition) is 6. The van der Waals surface area contributed by atoms with Crippen LogP contribution in [0.15, 0.2) is 53.8 Å². The van der Waals surface area contributed by atoms with Crippen molar-refractivity contribution in [3.8, 4) is 0 Å². The molecule has 2 fully saturated rings. The van der Waals surface area contributed by atoms with Crippen LogP contribution in [0.3, 0.4) is 0 Å². The largest absolute Gasteiger partial charge is 0.445 e. The highest BCUT2D eigenvalue weighted by Gasteiger charge is 2.32. The second-order valence-corrected chi connectivity index (χ2v) is 11.5. The third-order valence-electron chi connectivity index (χ3n) is 8.87. The van der Waals surface area contributed by atoms with Crippen LogP contribution < -0.4 is 5.32 Å². The topological polar surface area (TPSA) is 81.0 Å². The molecule has 40 heavy (non-hydrogen) atoms. The number of nitrogens with zero attached hydrogens (tertiary/aromatic N) is 4. The van der Waals surface area contributed by atoms with Gasteiger partial charge in [0.15, 0.2) is 0 Å². The molecule has 3 heterocycles. The lowest BCUT2D eigenvalue weighted by atomic mass is 9.79. The molecule has 8 heteroatoms. The molecule has 1 aliphatic carbocycles. The van der Waals surface area contributed by atoms with Crippen molar-refractivity contribution in [3.05, 3.63) is 65.5 Å². The predicted molar refractivity (Wildman–Crippen MR) is 158 cm³/mol. The highest BCUT2D eigenvalue weighted by Crippen LogP contribution is 2.36. The van der Waals surface area contributed by atoms with E-state index in [2.05, 4.69) is 39.9 Å². The summed E-state index contributed by atoms with van der Waals surface area (Å²) in [5, 5.41) is 8.07. The number of rotatable bonds is 9. The average molecular weight is 546 g/mol. The minimum absolute atomic E-state index is 0.229. The van der Waals surface area contributed by atoms with Gasteiger partial charge in [-0.25, -0.2) is 9.78 Å². The Morgan fingerprint density at radius 2 is 1.80 bits per heavy atom. The number of pyridine rings is 1. The van der Waals surface area contributed by atoms with Crippen molar-refractivity contribution in [2.24, 2.45) is 17.0 Å². The molecule has 8 nitrogen and oxygen atoms in total. The molecule has 0 atom stereocenters. The summed E-state index contributed by atoms with van der Waals surface area (Å²) < 4.78 is 7.82. The highest BCUT2D eigenvalue weighted by molar-refractivity contribution is 5.99. The molecule has 5 rings (SSSR count). The Hall–Kier alpha value is -3.39. The van der Waals surface area contributed by atoms with Crippen molar-refractivity contribution in [2.75, 3.05) is 20.2 Å². The molecule has 1 aromatic carbocycles. The Morgan fingerprint density at radius 1 is 1.05 bits per heavy atom. The van der Waals surface area contributed by atoms with Gasteiger partial charge in [0.05, 0.1) is 12.8 Å². The second-order valence-electron chi connectivity index (χ2n) is 11.5. The maximum atomic E-state index is 12.7. The standard InChI is InChI=1S/C32H43N5O3/c1-23(2)25-11-13-26(14-12-25)36-18-15-27(16-19-36)37-30(21-34-32(38)40-22-24-8-5-4-6-9-24)29(20-35-39-3)28-10-7-17-33-31(28)37/h4-10,17,20,23,25-27H,11-16,18-19,21-22H2,1-3H3,(H,34,38)/t25-,26+. The molecule has 1 saturated heterocycles. The van der Waals surface area contributed by atoms with E-state index in [0.717, 1.165) is 65.6 Å². The lowest BCUT2D eigenvalue weighted by molar-refractivity contribution is 0.0887. The van der Waals surface area contributed by atoms with Crippen LogP contribution in [-0.2, 0) is 22.7 Å². The number of amides is 1. The number of fused-ring (bicyclic) bond motifs is 1. The van der Waals surface area contributed by atoms with Gasteiger partial charge >= 0.3 is 6.09 Å². The SMILES string of the molecule is CON=Cc1c(CNC(=O)OCc2ccccc2)n(C2CCN([C@H]3CC[C@@H](C(C)C)CC3)CC2)c2ncccc12. The zero-order valence-corrected chi connectivity index (χ0v) is 24.1. The summed E-state index contributed by atoms with van der Waals surface area (Å²) in [5.41, 5.74) is 3.77. The summed E-state index contributed by atoms with van der Waals surface area (Å²) >= 11 is 0. The number of aromatic nitrogens is 2. The number of carbonyl (C=O) groups excluding carboxylic acids is 1. The Morgan fingerprint density at radius 3 is 2.50 bits per heavy atom. The normalized spacial score (nSPS) is 20.8. The summed E-state index contributed by atoms with van der Waals surface area (Å²) in [6.07, 6.45) is 10.6. The van der Waals surface area contributed by atoms with E-state index < -0.39 is 6.09 Å². The Balaban J connectivity index is 1.31. The van der Waals surface area contributed by atoms with Gasteiger partial charge in [0.25, 0.3) is 0 Å².